The lowest BCUT2D eigenvalue weighted by atomic mass is 9.76. The minimum atomic E-state index is -4.58. The number of halogens is 4. The second kappa shape index (κ2) is 9.65. The summed E-state index contributed by atoms with van der Waals surface area (Å²) in [6.07, 6.45) is -1.05. The number of benzene rings is 1. The summed E-state index contributed by atoms with van der Waals surface area (Å²) in [7, 11) is 0. The van der Waals surface area contributed by atoms with E-state index < -0.39 is 23.8 Å². The van der Waals surface area contributed by atoms with Crippen molar-refractivity contribution in [2.75, 3.05) is 5.73 Å². The van der Waals surface area contributed by atoms with Crippen LogP contribution in [0, 0.1) is 17.8 Å². The number of alkyl halides is 3. The molecule has 29 heavy (non-hydrogen) atoms. The quantitative estimate of drug-likeness (QED) is 0.379. The molecule has 0 bridgehead atoms. The Morgan fingerprint density at radius 1 is 1.31 bits per heavy atom. The molecule has 0 heterocycles. The van der Waals surface area contributed by atoms with E-state index in [4.69, 9.17) is 5.73 Å². The fourth-order valence-electron chi connectivity index (χ4n) is 4.03. The third-order valence-electron chi connectivity index (χ3n) is 6.03. The Balaban J connectivity index is 2.13. The minimum Gasteiger partial charge on any atom is -0.397 e. The number of hydrogen-bond donors (Lipinski definition) is 2. The molecule has 1 unspecified atom stereocenters. The Morgan fingerprint density at radius 3 is 2.41 bits per heavy atom. The molecule has 0 aliphatic heterocycles. The number of aliphatic hydroxyl groups excluding tert-OH is 1. The molecule has 3 nitrogen and oxygen atoms in total. The van der Waals surface area contributed by atoms with E-state index in [-0.39, 0.29) is 34.7 Å². The molecule has 1 saturated carbocycles. The third kappa shape index (κ3) is 6.32. The van der Waals surface area contributed by atoms with Crippen LogP contribution in [-0.4, -0.2) is 17.0 Å². The molecule has 0 amide bonds. The molecular formula is C22H29BrF3NO2. The van der Waals surface area contributed by atoms with E-state index in [1.54, 1.807) is 0 Å². The molecule has 0 spiro atoms. The van der Waals surface area contributed by atoms with E-state index >= 15 is 0 Å². The molecule has 0 aromatic heterocycles. The lowest BCUT2D eigenvalue weighted by molar-refractivity contribution is -0.137. The molecule has 1 aliphatic carbocycles. The van der Waals surface area contributed by atoms with Gasteiger partial charge in [0.25, 0.3) is 0 Å². The van der Waals surface area contributed by atoms with Crippen LogP contribution in [-0.2, 0) is 17.4 Å². The molecule has 0 saturated heterocycles. The standard InChI is InChI=1S/C22H29BrF3NO2/c1-12-4-6-16(7-5-12)13(2)20(29)11-17(14(3)28)8-15-9-18(22(24,25)26)21(27)19(23)10-15/h9-10,12,16-17,20,29H,2,4-8,11,27H2,1,3H3/t12?,16?,17-,20?/m0/s1. The molecule has 1 fully saturated rings. The maximum atomic E-state index is 13.2. The number of Topliss-reactive ketones (excluding diaryl/α,β-unsaturated/α-hetero) is 1. The van der Waals surface area contributed by atoms with Crippen molar-refractivity contribution in [3.8, 4) is 0 Å². The van der Waals surface area contributed by atoms with E-state index in [0.717, 1.165) is 37.3 Å². The molecule has 3 N–H and O–H groups in total. The molecule has 162 valence electrons. The molecule has 7 heteroatoms. The van der Waals surface area contributed by atoms with Gasteiger partial charge in [-0.3, -0.25) is 4.79 Å². The number of carbonyl (C=O) groups excluding carboxylic acids is 1. The van der Waals surface area contributed by atoms with Gasteiger partial charge in [0.05, 0.1) is 17.4 Å². The minimum absolute atomic E-state index is 0.101. The molecule has 1 aromatic rings. The zero-order valence-corrected chi connectivity index (χ0v) is 18.4. The first kappa shape index (κ1) is 23.9. The fourth-order valence-corrected chi connectivity index (χ4v) is 4.54. The predicted octanol–water partition coefficient (Wildman–Crippen LogP) is 5.93. The maximum Gasteiger partial charge on any atom is 0.418 e. The molecular weight excluding hydrogens is 447 g/mol. The van der Waals surface area contributed by atoms with Gasteiger partial charge in [0.1, 0.15) is 5.78 Å². The van der Waals surface area contributed by atoms with E-state index in [1.807, 2.05) is 0 Å². The van der Waals surface area contributed by atoms with Gasteiger partial charge in [-0.05, 0) is 83.6 Å². The van der Waals surface area contributed by atoms with Gasteiger partial charge in [0, 0.05) is 10.4 Å². The highest BCUT2D eigenvalue weighted by Crippen LogP contribution is 2.39. The van der Waals surface area contributed by atoms with Crippen LogP contribution in [0.1, 0.15) is 57.1 Å². The molecule has 1 aromatic carbocycles. The average molecular weight is 476 g/mol. The number of aliphatic hydroxyl groups is 1. The van der Waals surface area contributed by atoms with Crippen molar-refractivity contribution < 1.29 is 23.1 Å². The average Bonchev–Trinajstić information content (AvgIpc) is 2.62. The fraction of sp³-hybridized carbons (Fsp3) is 0.591. The van der Waals surface area contributed by atoms with Crippen molar-refractivity contribution in [2.24, 2.45) is 17.8 Å². The van der Waals surface area contributed by atoms with Crippen LogP contribution in [0.3, 0.4) is 0 Å². The van der Waals surface area contributed by atoms with Crippen molar-refractivity contribution in [1.29, 1.82) is 0 Å². The maximum absolute atomic E-state index is 13.2. The van der Waals surface area contributed by atoms with Crippen LogP contribution in [0.5, 0.6) is 0 Å². The Kier molecular flexibility index (Phi) is 7.96. The topological polar surface area (TPSA) is 63.3 Å². The van der Waals surface area contributed by atoms with Gasteiger partial charge >= 0.3 is 6.18 Å². The second-order valence-electron chi connectivity index (χ2n) is 8.33. The third-order valence-corrected chi connectivity index (χ3v) is 6.68. The van der Waals surface area contributed by atoms with Crippen LogP contribution in [0.4, 0.5) is 18.9 Å². The first-order valence-corrected chi connectivity index (χ1v) is 10.7. The van der Waals surface area contributed by atoms with Gasteiger partial charge in [0.2, 0.25) is 0 Å². The Bertz CT molecular complexity index is 755. The second-order valence-corrected chi connectivity index (χ2v) is 9.19. The van der Waals surface area contributed by atoms with E-state index in [0.29, 0.717) is 11.5 Å². The Labute approximate surface area is 178 Å². The molecule has 0 radical (unpaired) electrons. The predicted molar refractivity (Wildman–Crippen MR) is 112 cm³/mol. The van der Waals surface area contributed by atoms with Crippen molar-refractivity contribution in [2.45, 2.75) is 64.7 Å². The Hall–Kier alpha value is -1.34. The van der Waals surface area contributed by atoms with E-state index in [2.05, 4.69) is 29.4 Å². The number of ketones is 1. The van der Waals surface area contributed by atoms with Gasteiger partial charge in [0.15, 0.2) is 0 Å². The SMILES string of the molecule is C=C(C(O)C[C@H](Cc1cc(Br)c(N)c(C(F)(F)F)c1)C(C)=O)C1CCC(C)CC1. The van der Waals surface area contributed by atoms with Crippen molar-refractivity contribution >= 4 is 27.4 Å². The number of nitrogens with two attached hydrogens (primary N) is 1. The first-order chi connectivity index (χ1) is 13.4. The number of anilines is 1. The summed E-state index contributed by atoms with van der Waals surface area (Å²) in [5, 5.41) is 10.7. The lowest BCUT2D eigenvalue weighted by Gasteiger charge is -2.31. The van der Waals surface area contributed by atoms with Gasteiger partial charge in [-0.25, -0.2) is 0 Å². The number of rotatable bonds is 7. The highest BCUT2D eigenvalue weighted by atomic mass is 79.9. The Morgan fingerprint density at radius 2 is 1.90 bits per heavy atom. The monoisotopic (exact) mass is 475 g/mol. The van der Waals surface area contributed by atoms with Crippen molar-refractivity contribution in [3.05, 3.63) is 39.9 Å². The van der Waals surface area contributed by atoms with Gasteiger partial charge in [-0.1, -0.05) is 26.3 Å². The smallest absolute Gasteiger partial charge is 0.397 e. The normalized spacial score (nSPS) is 22.2. The molecule has 2 rings (SSSR count). The largest absolute Gasteiger partial charge is 0.418 e. The highest BCUT2D eigenvalue weighted by molar-refractivity contribution is 9.10. The number of hydrogen-bond acceptors (Lipinski definition) is 3. The summed E-state index contributed by atoms with van der Waals surface area (Å²) in [6.45, 7) is 7.67. The van der Waals surface area contributed by atoms with E-state index in [1.165, 1.54) is 13.0 Å². The zero-order chi connectivity index (χ0) is 21.9. The van der Waals surface area contributed by atoms with Crippen molar-refractivity contribution in [3.63, 3.8) is 0 Å². The van der Waals surface area contributed by atoms with Crippen LogP contribution in [0.25, 0.3) is 0 Å². The molecule has 2 atom stereocenters. The van der Waals surface area contributed by atoms with Crippen molar-refractivity contribution in [1.82, 2.24) is 0 Å². The van der Waals surface area contributed by atoms with Gasteiger partial charge in [-0.2, -0.15) is 13.2 Å². The molecule has 1 aliphatic rings. The van der Waals surface area contributed by atoms with Gasteiger partial charge < -0.3 is 10.8 Å². The zero-order valence-electron chi connectivity index (χ0n) is 16.9. The summed E-state index contributed by atoms with van der Waals surface area (Å²) < 4.78 is 39.8. The number of carbonyl (C=O) groups is 1. The van der Waals surface area contributed by atoms with Crippen LogP contribution < -0.4 is 5.73 Å². The summed E-state index contributed by atoms with van der Waals surface area (Å²) in [6, 6.07) is 2.49. The first-order valence-electron chi connectivity index (χ1n) is 9.92. The van der Waals surface area contributed by atoms with E-state index in [9.17, 15) is 23.1 Å². The summed E-state index contributed by atoms with van der Waals surface area (Å²) in [5.74, 6) is 0.140. The summed E-state index contributed by atoms with van der Waals surface area (Å²) >= 11 is 3.07. The highest BCUT2D eigenvalue weighted by Gasteiger charge is 2.35. The lowest BCUT2D eigenvalue weighted by Crippen LogP contribution is -2.27. The number of nitrogen functional groups attached to an aromatic ring is 1. The summed E-state index contributed by atoms with van der Waals surface area (Å²) in [5.41, 5.74) is 5.34. The van der Waals surface area contributed by atoms with Gasteiger partial charge in [-0.15, -0.1) is 0 Å². The van der Waals surface area contributed by atoms with Crippen LogP contribution in [0.2, 0.25) is 0 Å². The summed E-state index contributed by atoms with van der Waals surface area (Å²) in [4.78, 5) is 12.2. The van der Waals surface area contributed by atoms with Crippen LogP contribution in [0.15, 0.2) is 28.8 Å². The van der Waals surface area contributed by atoms with Crippen LogP contribution >= 0.6 is 15.9 Å².